The summed E-state index contributed by atoms with van der Waals surface area (Å²) in [5.41, 5.74) is 0.604. The SMILES string of the molecule is CCN(C(C)=O)c1ccc2cc(S(=O)(=O)O)cc(O)c2c1. The quantitative estimate of drug-likeness (QED) is 0.847. The number of carbonyl (C=O) groups excluding carboxylic acids is 1. The molecular formula is C14H15NO5S. The van der Waals surface area contributed by atoms with Crippen LogP contribution in [-0.2, 0) is 14.9 Å². The monoisotopic (exact) mass is 309 g/mol. The number of benzene rings is 2. The third kappa shape index (κ3) is 2.98. The normalized spacial score (nSPS) is 11.6. The lowest BCUT2D eigenvalue weighted by atomic mass is 10.1. The Labute approximate surface area is 122 Å². The molecule has 0 aliphatic rings. The molecule has 0 aromatic heterocycles. The van der Waals surface area contributed by atoms with Crippen LogP contribution in [0.4, 0.5) is 5.69 Å². The molecule has 0 aliphatic heterocycles. The molecule has 2 N–H and O–H groups in total. The van der Waals surface area contributed by atoms with Crippen molar-refractivity contribution in [2.24, 2.45) is 0 Å². The average molecular weight is 309 g/mol. The molecule has 0 unspecified atom stereocenters. The van der Waals surface area contributed by atoms with E-state index >= 15 is 0 Å². The van der Waals surface area contributed by atoms with Crippen LogP contribution in [0.1, 0.15) is 13.8 Å². The van der Waals surface area contributed by atoms with Crippen LogP contribution in [0.25, 0.3) is 10.8 Å². The standard InChI is InChI=1S/C14H15NO5S/c1-3-15(9(2)16)11-5-4-10-6-12(21(18,19)20)8-14(17)13(10)7-11/h4-8,17H,3H2,1-2H3,(H,18,19,20). The fourth-order valence-electron chi connectivity index (χ4n) is 2.20. The molecule has 0 saturated heterocycles. The van der Waals surface area contributed by atoms with E-state index in [4.69, 9.17) is 4.55 Å². The minimum absolute atomic E-state index is 0.133. The minimum atomic E-state index is -4.39. The minimum Gasteiger partial charge on any atom is -0.507 e. The van der Waals surface area contributed by atoms with Gasteiger partial charge in [-0.25, -0.2) is 0 Å². The predicted molar refractivity (Wildman–Crippen MR) is 79.1 cm³/mol. The van der Waals surface area contributed by atoms with E-state index in [9.17, 15) is 18.3 Å². The Bertz CT molecular complexity index is 813. The predicted octanol–water partition coefficient (Wildman–Crippen LogP) is 2.16. The molecule has 2 aromatic rings. The zero-order valence-corrected chi connectivity index (χ0v) is 12.4. The molecule has 2 aromatic carbocycles. The number of aromatic hydroxyl groups is 1. The summed E-state index contributed by atoms with van der Waals surface area (Å²) in [4.78, 5) is 12.7. The van der Waals surface area contributed by atoms with Crippen LogP contribution in [0.15, 0.2) is 35.2 Å². The van der Waals surface area contributed by atoms with E-state index in [1.54, 1.807) is 18.2 Å². The maximum absolute atomic E-state index is 11.5. The summed E-state index contributed by atoms with van der Waals surface area (Å²) in [5, 5.41) is 10.8. The summed E-state index contributed by atoms with van der Waals surface area (Å²) < 4.78 is 31.3. The van der Waals surface area contributed by atoms with Gasteiger partial charge in [-0.05, 0) is 30.5 Å². The van der Waals surface area contributed by atoms with Gasteiger partial charge in [-0.2, -0.15) is 8.42 Å². The van der Waals surface area contributed by atoms with Gasteiger partial charge in [-0.3, -0.25) is 9.35 Å². The summed E-state index contributed by atoms with van der Waals surface area (Å²) in [5.74, 6) is -0.410. The molecule has 0 fully saturated rings. The van der Waals surface area contributed by atoms with Gasteiger partial charge in [0, 0.05) is 30.6 Å². The van der Waals surface area contributed by atoms with E-state index in [0.29, 0.717) is 23.0 Å². The van der Waals surface area contributed by atoms with Gasteiger partial charge in [0.15, 0.2) is 0 Å². The lowest BCUT2D eigenvalue weighted by Gasteiger charge is -2.19. The lowest BCUT2D eigenvalue weighted by Crippen LogP contribution is -2.27. The summed E-state index contributed by atoms with van der Waals surface area (Å²) in [7, 11) is -4.39. The van der Waals surface area contributed by atoms with Crippen molar-refractivity contribution in [1.82, 2.24) is 0 Å². The van der Waals surface area contributed by atoms with Crippen molar-refractivity contribution in [3.8, 4) is 5.75 Å². The van der Waals surface area contributed by atoms with Gasteiger partial charge in [-0.1, -0.05) is 6.07 Å². The first kappa shape index (κ1) is 15.3. The molecule has 0 radical (unpaired) electrons. The highest BCUT2D eigenvalue weighted by atomic mass is 32.2. The topological polar surface area (TPSA) is 94.9 Å². The van der Waals surface area contributed by atoms with Crippen molar-refractivity contribution in [2.45, 2.75) is 18.7 Å². The molecule has 0 spiro atoms. The van der Waals surface area contributed by atoms with Crippen molar-refractivity contribution < 1.29 is 22.9 Å². The van der Waals surface area contributed by atoms with Gasteiger partial charge in [0.1, 0.15) is 5.75 Å². The molecule has 112 valence electrons. The molecule has 7 heteroatoms. The van der Waals surface area contributed by atoms with Crippen LogP contribution in [0.5, 0.6) is 5.75 Å². The highest BCUT2D eigenvalue weighted by Crippen LogP contribution is 2.31. The van der Waals surface area contributed by atoms with Gasteiger partial charge >= 0.3 is 0 Å². The first-order valence-electron chi connectivity index (χ1n) is 6.26. The average Bonchev–Trinajstić information content (AvgIpc) is 2.38. The van der Waals surface area contributed by atoms with Crippen LogP contribution in [0.2, 0.25) is 0 Å². The van der Waals surface area contributed by atoms with Gasteiger partial charge in [-0.15, -0.1) is 0 Å². The van der Waals surface area contributed by atoms with Gasteiger partial charge < -0.3 is 10.0 Å². The van der Waals surface area contributed by atoms with E-state index in [1.165, 1.54) is 17.9 Å². The maximum atomic E-state index is 11.5. The Morgan fingerprint density at radius 2 is 1.90 bits per heavy atom. The third-order valence-corrected chi connectivity index (χ3v) is 4.03. The summed E-state index contributed by atoms with van der Waals surface area (Å²) in [6, 6.07) is 7.08. The van der Waals surface area contributed by atoms with Crippen LogP contribution in [0, 0.1) is 0 Å². The zero-order chi connectivity index (χ0) is 15.8. The van der Waals surface area contributed by atoms with Crippen LogP contribution in [0.3, 0.4) is 0 Å². The number of phenolic OH excluding ortho intramolecular Hbond substituents is 1. The number of hydrogen-bond donors (Lipinski definition) is 2. The molecule has 0 bridgehead atoms. The molecule has 6 nitrogen and oxygen atoms in total. The number of rotatable bonds is 3. The number of hydrogen-bond acceptors (Lipinski definition) is 4. The van der Waals surface area contributed by atoms with E-state index < -0.39 is 10.1 Å². The number of amides is 1. The maximum Gasteiger partial charge on any atom is 0.294 e. The molecule has 0 atom stereocenters. The second kappa shape index (κ2) is 5.34. The number of nitrogens with zero attached hydrogens (tertiary/aromatic N) is 1. The number of carbonyl (C=O) groups is 1. The van der Waals surface area contributed by atoms with Crippen molar-refractivity contribution in [2.75, 3.05) is 11.4 Å². The molecule has 2 rings (SSSR count). The third-order valence-electron chi connectivity index (χ3n) is 3.20. The van der Waals surface area contributed by atoms with Crippen molar-refractivity contribution in [3.63, 3.8) is 0 Å². The van der Waals surface area contributed by atoms with Gasteiger partial charge in [0.25, 0.3) is 10.1 Å². The van der Waals surface area contributed by atoms with Gasteiger partial charge in [0.2, 0.25) is 5.91 Å². The number of phenols is 1. The Morgan fingerprint density at radius 3 is 2.43 bits per heavy atom. The first-order valence-corrected chi connectivity index (χ1v) is 7.70. The molecule has 1 amide bonds. The Morgan fingerprint density at radius 1 is 1.24 bits per heavy atom. The zero-order valence-electron chi connectivity index (χ0n) is 11.6. The Balaban J connectivity index is 2.65. The highest BCUT2D eigenvalue weighted by molar-refractivity contribution is 7.85. The van der Waals surface area contributed by atoms with E-state index in [1.807, 2.05) is 6.92 Å². The fraction of sp³-hybridized carbons (Fsp3) is 0.214. The molecule has 0 saturated carbocycles. The van der Waals surface area contributed by atoms with Gasteiger partial charge in [0.05, 0.1) is 4.90 Å². The molecule has 21 heavy (non-hydrogen) atoms. The first-order chi connectivity index (χ1) is 9.74. The smallest absolute Gasteiger partial charge is 0.294 e. The van der Waals surface area contributed by atoms with Crippen LogP contribution >= 0.6 is 0 Å². The molecule has 0 heterocycles. The summed E-state index contributed by atoms with van der Waals surface area (Å²) >= 11 is 0. The number of fused-ring (bicyclic) bond motifs is 1. The second-order valence-electron chi connectivity index (χ2n) is 4.59. The summed E-state index contributed by atoms with van der Waals surface area (Å²) in [6.07, 6.45) is 0. The molecular weight excluding hydrogens is 294 g/mol. The van der Waals surface area contributed by atoms with E-state index in [0.717, 1.165) is 6.07 Å². The number of anilines is 1. The largest absolute Gasteiger partial charge is 0.507 e. The Kier molecular flexibility index (Phi) is 3.89. The lowest BCUT2D eigenvalue weighted by molar-refractivity contribution is -0.116. The van der Waals surface area contributed by atoms with Crippen molar-refractivity contribution >= 4 is 32.5 Å². The van der Waals surface area contributed by atoms with E-state index in [-0.39, 0.29) is 16.6 Å². The fourth-order valence-corrected chi connectivity index (χ4v) is 2.74. The van der Waals surface area contributed by atoms with E-state index in [2.05, 4.69) is 0 Å². The summed E-state index contributed by atoms with van der Waals surface area (Å²) in [6.45, 7) is 3.74. The van der Waals surface area contributed by atoms with Crippen LogP contribution < -0.4 is 4.90 Å². The van der Waals surface area contributed by atoms with Crippen LogP contribution in [-0.4, -0.2) is 30.5 Å². The molecule has 0 aliphatic carbocycles. The second-order valence-corrected chi connectivity index (χ2v) is 6.01. The Hall–Kier alpha value is -2.12. The van der Waals surface area contributed by atoms with Crippen molar-refractivity contribution in [1.29, 1.82) is 0 Å². The highest BCUT2D eigenvalue weighted by Gasteiger charge is 2.15. The van der Waals surface area contributed by atoms with Crippen molar-refractivity contribution in [3.05, 3.63) is 30.3 Å².